The Balaban J connectivity index is 1.43. The number of benzene rings is 1. The first-order valence-electron chi connectivity index (χ1n) is 16.0. The van der Waals surface area contributed by atoms with Gasteiger partial charge in [0.2, 0.25) is 11.8 Å². The van der Waals surface area contributed by atoms with Gasteiger partial charge < -0.3 is 15.4 Å². The third-order valence-corrected chi connectivity index (χ3v) is 8.66. The van der Waals surface area contributed by atoms with Crippen LogP contribution < -0.4 is 10.6 Å². The highest BCUT2D eigenvalue weighted by atomic mass is 16.5. The molecule has 246 valence electrons. The maximum absolute atomic E-state index is 13.2. The number of hydrogen-bond acceptors (Lipinski definition) is 7. The molecule has 0 saturated heterocycles. The first kappa shape index (κ1) is 35.7. The van der Waals surface area contributed by atoms with E-state index in [1.807, 2.05) is 13.8 Å². The predicted molar refractivity (Wildman–Crippen MR) is 170 cm³/mol. The Morgan fingerprint density at radius 3 is 2.07 bits per heavy atom. The van der Waals surface area contributed by atoms with Gasteiger partial charge >= 0.3 is 5.97 Å². The molecule has 1 aromatic rings. The van der Waals surface area contributed by atoms with Gasteiger partial charge in [-0.2, -0.15) is 0 Å². The first-order valence-corrected chi connectivity index (χ1v) is 16.0. The van der Waals surface area contributed by atoms with Gasteiger partial charge in [-0.3, -0.25) is 33.7 Å². The third kappa shape index (κ3) is 11.2. The summed E-state index contributed by atoms with van der Waals surface area (Å²) in [5, 5.41) is 5.57. The summed E-state index contributed by atoms with van der Waals surface area (Å²) in [5.74, 6) is -2.16. The molecule has 1 fully saturated rings. The van der Waals surface area contributed by atoms with E-state index in [9.17, 15) is 28.8 Å². The zero-order chi connectivity index (χ0) is 33.3. The fourth-order valence-corrected chi connectivity index (χ4v) is 5.58. The van der Waals surface area contributed by atoms with Crippen molar-refractivity contribution in [1.82, 2.24) is 10.2 Å². The van der Waals surface area contributed by atoms with Crippen molar-refractivity contribution in [2.75, 3.05) is 11.9 Å². The maximum atomic E-state index is 13.2. The van der Waals surface area contributed by atoms with Crippen molar-refractivity contribution in [2.24, 2.45) is 29.1 Å². The summed E-state index contributed by atoms with van der Waals surface area (Å²) < 4.78 is 5.35. The lowest BCUT2D eigenvalue weighted by molar-refractivity contribution is -0.145. The van der Waals surface area contributed by atoms with Crippen LogP contribution in [0.1, 0.15) is 92.1 Å². The molecule has 1 aromatic carbocycles. The van der Waals surface area contributed by atoms with Gasteiger partial charge in [-0.25, -0.2) is 0 Å². The number of ether oxygens (including phenoxy) is 1. The highest BCUT2D eigenvalue weighted by Gasteiger charge is 2.34. The Morgan fingerprint density at radius 1 is 0.911 bits per heavy atom. The number of rotatable bonds is 14. The Labute approximate surface area is 266 Å². The van der Waals surface area contributed by atoms with E-state index in [2.05, 4.69) is 31.4 Å². The highest BCUT2D eigenvalue weighted by molar-refractivity contribution is 6.12. The van der Waals surface area contributed by atoms with Crippen molar-refractivity contribution in [3.63, 3.8) is 0 Å². The zero-order valence-corrected chi connectivity index (χ0v) is 27.5. The standard InChI is InChI=1S/C35H49N3O7/c1-22(2)28(19-29(39)26-11-7-24(8-12-26)20-38-30(40)15-16-31(38)41)34(44)36-23(3)33(43)37-27-13-9-25(10-14-27)21-45-32(42)17-18-35(4,5)6/h9-10,13-16,22-24,26,28H,7-8,11-12,17-21H2,1-6H3,(H,36,44)(H,37,43)/t23-,24?,26?,28-/m0/s1. The van der Waals surface area contributed by atoms with Crippen molar-refractivity contribution >= 4 is 41.1 Å². The van der Waals surface area contributed by atoms with Crippen molar-refractivity contribution in [3.05, 3.63) is 42.0 Å². The minimum absolute atomic E-state index is 0.0365. The molecule has 0 spiro atoms. The van der Waals surface area contributed by atoms with Crippen molar-refractivity contribution in [1.29, 1.82) is 0 Å². The lowest BCUT2D eigenvalue weighted by atomic mass is 9.77. The van der Waals surface area contributed by atoms with Crippen molar-refractivity contribution in [3.8, 4) is 0 Å². The normalized spacial score (nSPS) is 19.8. The second-order valence-electron chi connectivity index (χ2n) is 14.0. The molecule has 3 rings (SSSR count). The van der Waals surface area contributed by atoms with E-state index in [0.717, 1.165) is 24.8 Å². The molecule has 10 nitrogen and oxygen atoms in total. The van der Waals surface area contributed by atoms with Crippen molar-refractivity contribution in [2.45, 2.75) is 99.1 Å². The number of nitrogens with one attached hydrogen (secondary N) is 2. The van der Waals surface area contributed by atoms with Crippen LogP contribution in [0.15, 0.2) is 36.4 Å². The van der Waals surface area contributed by atoms with E-state index in [1.165, 1.54) is 17.1 Å². The molecular formula is C35H49N3O7. The average Bonchev–Trinajstić information content (AvgIpc) is 3.30. The molecule has 45 heavy (non-hydrogen) atoms. The molecule has 1 aliphatic heterocycles. The fraction of sp³-hybridized carbons (Fsp3) is 0.600. The monoisotopic (exact) mass is 623 g/mol. The van der Waals surface area contributed by atoms with E-state index < -0.39 is 12.0 Å². The summed E-state index contributed by atoms with van der Waals surface area (Å²) in [6.07, 6.45) is 6.59. The lowest BCUT2D eigenvalue weighted by Gasteiger charge is -2.31. The van der Waals surface area contributed by atoms with Crippen LogP contribution >= 0.6 is 0 Å². The molecule has 0 unspecified atom stereocenters. The first-order chi connectivity index (χ1) is 21.1. The largest absolute Gasteiger partial charge is 0.461 e. The van der Waals surface area contributed by atoms with Gasteiger partial charge in [-0.1, -0.05) is 46.8 Å². The molecule has 2 atom stereocenters. The molecule has 0 aromatic heterocycles. The van der Waals surface area contributed by atoms with Gasteiger partial charge in [-0.15, -0.1) is 0 Å². The molecular weight excluding hydrogens is 574 g/mol. The second-order valence-corrected chi connectivity index (χ2v) is 14.0. The zero-order valence-electron chi connectivity index (χ0n) is 27.5. The Morgan fingerprint density at radius 2 is 1.51 bits per heavy atom. The number of imide groups is 1. The maximum Gasteiger partial charge on any atom is 0.306 e. The minimum atomic E-state index is -0.821. The summed E-state index contributed by atoms with van der Waals surface area (Å²) in [7, 11) is 0. The molecule has 0 bridgehead atoms. The topological polar surface area (TPSA) is 139 Å². The number of nitrogens with zero attached hydrogens (tertiary/aromatic N) is 1. The summed E-state index contributed by atoms with van der Waals surface area (Å²) >= 11 is 0. The average molecular weight is 624 g/mol. The van der Waals surface area contributed by atoms with Gasteiger partial charge in [0.25, 0.3) is 11.8 Å². The molecule has 2 N–H and O–H groups in total. The molecule has 1 saturated carbocycles. The molecule has 4 amide bonds. The van der Waals surface area contributed by atoms with Crippen molar-refractivity contribution < 1.29 is 33.5 Å². The quantitative estimate of drug-likeness (QED) is 0.221. The third-order valence-electron chi connectivity index (χ3n) is 8.66. The molecule has 2 aliphatic rings. The van der Waals surface area contributed by atoms with Crippen LogP contribution in [0.3, 0.4) is 0 Å². The Bertz CT molecular complexity index is 1250. The Kier molecular flexibility index (Phi) is 12.6. The van der Waals surface area contributed by atoms with Crippen LogP contribution in [-0.2, 0) is 40.1 Å². The molecule has 0 radical (unpaired) electrons. The smallest absolute Gasteiger partial charge is 0.306 e. The lowest BCUT2D eigenvalue weighted by Crippen LogP contribution is -2.46. The van der Waals surface area contributed by atoms with Crippen LogP contribution in [0.4, 0.5) is 5.69 Å². The van der Waals surface area contributed by atoms with Crippen LogP contribution in [0.5, 0.6) is 0 Å². The number of amides is 4. The van der Waals surface area contributed by atoms with Gasteiger partial charge in [0, 0.05) is 49.1 Å². The van der Waals surface area contributed by atoms with E-state index in [1.54, 1.807) is 31.2 Å². The van der Waals surface area contributed by atoms with Gasteiger partial charge in [0.1, 0.15) is 18.4 Å². The van der Waals surface area contributed by atoms with Crippen LogP contribution in [0.2, 0.25) is 0 Å². The van der Waals surface area contributed by atoms with Gasteiger partial charge in [0.05, 0.1) is 0 Å². The molecule has 1 aliphatic carbocycles. The predicted octanol–water partition coefficient (Wildman–Crippen LogP) is 4.96. The van der Waals surface area contributed by atoms with E-state index in [-0.39, 0.29) is 71.6 Å². The number of Topliss-reactive ketones (excluding diaryl/α,β-unsaturated/α-hetero) is 1. The fourth-order valence-electron chi connectivity index (χ4n) is 5.58. The van der Waals surface area contributed by atoms with Crippen LogP contribution in [-0.4, -0.2) is 52.9 Å². The SMILES string of the molecule is CC(C)[C@H](CC(=O)C1CCC(CN2C(=O)C=CC2=O)CC1)C(=O)N[C@@H](C)C(=O)Nc1ccc(COC(=O)CCC(C)(C)C)cc1. The number of ketones is 1. The minimum Gasteiger partial charge on any atom is -0.461 e. The summed E-state index contributed by atoms with van der Waals surface area (Å²) in [5.41, 5.74) is 1.40. The number of anilines is 1. The van der Waals surface area contributed by atoms with E-state index >= 15 is 0 Å². The van der Waals surface area contributed by atoms with E-state index in [0.29, 0.717) is 31.5 Å². The number of hydrogen-bond donors (Lipinski definition) is 2. The Hall–Kier alpha value is -3.82. The summed E-state index contributed by atoms with van der Waals surface area (Å²) in [6.45, 7) is 12.1. The molecule has 10 heteroatoms. The second kappa shape index (κ2) is 16.0. The van der Waals surface area contributed by atoms with E-state index in [4.69, 9.17) is 4.74 Å². The number of carbonyl (C=O) groups is 6. The highest BCUT2D eigenvalue weighted by Crippen LogP contribution is 2.32. The van der Waals surface area contributed by atoms with Gasteiger partial charge in [0.15, 0.2) is 0 Å². The number of esters is 1. The number of carbonyl (C=O) groups excluding carboxylic acids is 6. The summed E-state index contributed by atoms with van der Waals surface area (Å²) in [4.78, 5) is 76.2. The van der Waals surface area contributed by atoms with Crippen LogP contribution in [0, 0.1) is 29.1 Å². The molecule has 1 heterocycles. The summed E-state index contributed by atoms with van der Waals surface area (Å²) in [6, 6.07) is 6.15. The van der Waals surface area contributed by atoms with Gasteiger partial charge in [-0.05, 0) is 74.0 Å². The van der Waals surface area contributed by atoms with Crippen LogP contribution in [0.25, 0.3) is 0 Å².